The third-order valence-corrected chi connectivity index (χ3v) is 3.58. The summed E-state index contributed by atoms with van der Waals surface area (Å²) in [6.45, 7) is 10.4. The summed E-state index contributed by atoms with van der Waals surface area (Å²) in [7, 11) is 0. The Hall–Kier alpha value is -1.10. The number of rotatable bonds is 2. The van der Waals surface area contributed by atoms with Crippen molar-refractivity contribution in [1.82, 2.24) is 15.5 Å². The fourth-order valence-electron chi connectivity index (χ4n) is 2.53. The quantitative estimate of drug-likeness (QED) is 0.732. The topological polar surface area (TPSA) is 61.4 Å². The minimum Gasteiger partial charge on any atom is -0.326 e. The van der Waals surface area contributed by atoms with Crippen LogP contribution in [-0.2, 0) is 4.79 Å². The Morgan fingerprint density at radius 3 is 2.11 bits per heavy atom. The van der Waals surface area contributed by atoms with Gasteiger partial charge in [-0.15, -0.1) is 0 Å². The molecule has 2 fully saturated rings. The lowest BCUT2D eigenvalue weighted by Gasteiger charge is -2.35. The molecule has 0 aliphatic carbocycles. The van der Waals surface area contributed by atoms with Gasteiger partial charge in [0, 0.05) is 6.04 Å². The third-order valence-electron chi connectivity index (χ3n) is 3.58. The van der Waals surface area contributed by atoms with Crippen LogP contribution in [0, 0.1) is 5.92 Å². The molecular formula is C13H25N3O2. The van der Waals surface area contributed by atoms with Crippen LogP contribution in [0.25, 0.3) is 0 Å². The molecule has 0 aromatic heterocycles. The molecule has 2 rings (SSSR count). The Labute approximate surface area is 109 Å². The van der Waals surface area contributed by atoms with Crippen LogP contribution in [0.4, 0.5) is 4.79 Å². The number of hydrogen-bond donors (Lipinski definition) is 2. The number of piperidine rings is 1. The van der Waals surface area contributed by atoms with Gasteiger partial charge < -0.3 is 10.2 Å². The first-order valence-electron chi connectivity index (χ1n) is 6.93. The molecule has 0 saturated carbocycles. The zero-order valence-corrected chi connectivity index (χ0v) is 11.8. The van der Waals surface area contributed by atoms with E-state index in [-0.39, 0.29) is 18.0 Å². The Morgan fingerprint density at radius 1 is 1.17 bits per heavy atom. The molecule has 2 saturated heterocycles. The van der Waals surface area contributed by atoms with Gasteiger partial charge in [0.25, 0.3) is 5.91 Å². The summed E-state index contributed by atoms with van der Waals surface area (Å²) in [5.41, 5.74) is 0. The number of nitrogens with one attached hydrogen (secondary N) is 2. The van der Waals surface area contributed by atoms with E-state index < -0.39 is 0 Å². The highest BCUT2D eigenvalue weighted by atomic mass is 16.2. The Morgan fingerprint density at radius 2 is 1.72 bits per heavy atom. The van der Waals surface area contributed by atoms with Crippen LogP contribution < -0.4 is 10.6 Å². The van der Waals surface area contributed by atoms with Crippen molar-refractivity contribution in [1.29, 1.82) is 0 Å². The zero-order valence-electron chi connectivity index (χ0n) is 11.8. The number of hydrogen-bond acceptors (Lipinski definition) is 3. The lowest BCUT2D eigenvalue weighted by atomic mass is 9.89. The molecule has 0 aromatic carbocycles. The molecule has 1 atom stereocenters. The van der Waals surface area contributed by atoms with Gasteiger partial charge in [0.2, 0.25) is 0 Å². The Balaban J connectivity index is 0.000000771. The molecule has 0 aromatic rings. The van der Waals surface area contributed by atoms with Gasteiger partial charge in [-0.1, -0.05) is 13.8 Å². The molecule has 5 nitrogen and oxygen atoms in total. The summed E-state index contributed by atoms with van der Waals surface area (Å²) in [6.07, 6.45) is 1.97. The van der Waals surface area contributed by atoms with Crippen LogP contribution in [0.2, 0.25) is 0 Å². The van der Waals surface area contributed by atoms with Gasteiger partial charge in [-0.05, 0) is 45.7 Å². The van der Waals surface area contributed by atoms with E-state index in [1.807, 2.05) is 13.8 Å². The molecule has 3 amide bonds. The summed E-state index contributed by atoms with van der Waals surface area (Å²) in [6, 6.07) is -0.0870. The van der Waals surface area contributed by atoms with Crippen molar-refractivity contribution in [2.24, 2.45) is 5.92 Å². The van der Waals surface area contributed by atoms with Gasteiger partial charge in [-0.25, -0.2) is 4.79 Å². The van der Waals surface area contributed by atoms with Crippen LogP contribution >= 0.6 is 0 Å². The van der Waals surface area contributed by atoms with Gasteiger partial charge in [0.05, 0.1) is 0 Å². The molecule has 104 valence electrons. The number of imide groups is 1. The molecule has 0 bridgehead atoms. The Bertz CT molecular complexity index is 297. The zero-order chi connectivity index (χ0) is 13.7. The van der Waals surface area contributed by atoms with E-state index in [9.17, 15) is 9.59 Å². The maximum absolute atomic E-state index is 11.5. The normalized spacial score (nSPS) is 25.5. The molecular weight excluding hydrogens is 230 g/mol. The van der Waals surface area contributed by atoms with Crippen molar-refractivity contribution in [3.63, 3.8) is 0 Å². The van der Waals surface area contributed by atoms with Crippen LogP contribution in [0.1, 0.15) is 40.5 Å². The first kappa shape index (κ1) is 15.0. The highest BCUT2D eigenvalue weighted by Gasteiger charge is 2.37. The second-order valence-corrected chi connectivity index (χ2v) is 4.91. The molecule has 18 heavy (non-hydrogen) atoms. The van der Waals surface area contributed by atoms with Crippen molar-refractivity contribution < 1.29 is 9.59 Å². The predicted octanol–water partition coefficient (Wildman–Crippen LogP) is 1.34. The monoisotopic (exact) mass is 255 g/mol. The van der Waals surface area contributed by atoms with Crippen molar-refractivity contribution in [3.05, 3.63) is 0 Å². The largest absolute Gasteiger partial charge is 0.326 e. The highest BCUT2D eigenvalue weighted by molar-refractivity contribution is 6.04. The molecule has 0 radical (unpaired) electrons. The van der Waals surface area contributed by atoms with Gasteiger partial charge in [0.15, 0.2) is 0 Å². The second kappa shape index (κ2) is 6.73. The number of amides is 3. The van der Waals surface area contributed by atoms with Crippen molar-refractivity contribution in [3.8, 4) is 0 Å². The van der Waals surface area contributed by atoms with E-state index in [0.29, 0.717) is 12.0 Å². The van der Waals surface area contributed by atoms with Crippen molar-refractivity contribution in [2.75, 3.05) is 13.1 Å². The number of carbonyl (C=O) groups is 2. The van der Waals surface area contributed by atoms with E-state index in [1.165, 1.54) is 0 Å². The summed E-state index contributed by atoms with van der Waals surface area (Å²) in [5, 5.41) is 4.99. The van der Waals surface area contributed by atoms with Gasteiger partial charge >= 0.3 is 6.03 Å². The van der Waals surface area contributed by atoms with Crippen LogP contribution in [0.15, 0.2) is 0 Å². The fourth-order valence-corrected chi connectivity index (χ4v) is 2.53. The van der Waals surface area contributed by atoms with Crippen molar-refractivity contribution >= 4 is 11.9 Å². The molecule has 2 aliphatic rings. The SMILES string of the molecule is CC.CC(C)N1CCC(C2NC(=O)NC2=O)CC1. The number of carbonyl (C=O) groups excluding carboxylic acids is 2. The van der Waals surface area contributed by atoms with E-state index in [2.05, 4.69) is 29.4 Å². The van der Waals surface area contributed by atoms with Crippen molar-refractivity contribution in [2.45, 2.75) is 52.6 Å². The lowest BCUT2D eigenvalue weighted by molar-refractivity contribution is -0.121. The predicted molar refractivity (Wildman–Crippen MR) is 71.2 cm³/mol. The number of nitrogens with zero attached hydrogens (tertiary/aromatic N) is 1. The van der Waals surface area contributed by atoms with Crippen LogP contribution in [0.5, 0.6) is 0 Å². The summed E-state index contributed by atoms with van der Waals surface area (Å²) in [4.78, 5) is 24.9. The number of likely N-dealkylation sites (tertiary alicyclic amines) is 1. The van der Waals surface area contributed by atoms with Gasteiger partial charge in [-0.3, -0.25) is 10.1 Å². The minimum atomic E-state index is -0.346. The third kappa shape index (κ3) is 3.45. The van der Waals surface area contributed by atoms with E-state index in [0.717, 1.165) is 25.9 Å². The van der Waals surface area contributed by atoms with Crippen LogP contribution in [0.3, 0.4) is 0 Å². The van der Waals surface area contributed by atoms with E-state index in [4.69, 9.17) is 0 Å². The summed E-state index contributed by atoms with van der Waals surface area (Å²) < 4.78 is 0. The highest BCUT2D eigenvalue weighted by Crippen LogP contribution is 2.23. The lowest BCUT2D eigenvalue weighted by Crippen LogP contribution is -2.45. The molecule has 5 heteroatoms. The molecule has 2 N–H and O–H groups in total. The first-order chi connectivity index (χ1) is 8.58. The standard InChI is InChI=1S/C11H19N3O2.C2H6/c1-7(2)14-5-3-8(4-6-14)9-10(15)13-11(16)12-9;1-2/h7-9H,3-6H2,1-2H3,(H2,12,13,15,16);1-2H3. The Kier molecular flexibility index (Phi) is 5.59. The molecule has 2 aliphatic heterocycles. The molecule has 0 spiro atoms. The number of urea groups is 1. The smallest absolute Gasteiger partial charge is 0.322 e. The van der Waals surface area contributed by atoms with E-state index in [1.54, 1.807) is 0 Å². The molecule has 1 unspecified atom stereocenters. The van der Waals surface area contributed by atoms with Crippen LogP contribution in [-0.4, -0.2) is 42.0 Å². The minimum absolute atomic E-state index is 0.159. The second-order valence-electron chi connectivity index (χ2n) is 4.91. The van der Waals surface area contributed by atoms with E-state index >= 15 is 0 Å². The van der Waals surface area contributed by atoms with Gasteiger partial charge in [-0.2, -0.15) is 0 Å². The summed E-state index contributed by atoms with van der Waals surface area (Å²) in [5.74, 6) is 0.134. The average Bonchev–Trinajstić information content (AvgIpc) is 2.71. The summed E-state index contributed by atoms with van der Waals surface area (Å²) >= 11 is 0. The maximum Gasteiger partial charge on any atom is 0.322 e. The average molecular weight is 255 g/mol. The fraction of sp³-hybridized carbons (Fsp3) is 0.846. The van der Waals surface area contributed by atoms with Gasteiger partial charge in [0.1, 0.15) is 6.04 Å². The maximum atomic E-state index is 11.5. The molecule has 2 heterocycles. The first-order valence-corrected chi connectivity index (χ1v) is 6.93.